The Balaban J connectivity index is 1.50. The fourth-order valence-corrected chi connectivity index (χ4v) is 3.09. The van der Waals surface area contributed by atoms with Crippen molar-refractivity contribution in [1.29, 1.82) is 0 Å². The van der Waals surface area contributed by atoms with Gasteiger partial charge in [-0.25, -0.2) is 4.98 Å². The molecule has 1 aromatic heterocycles. The molecule has 1 atom stereocenters. The van der Waals surface area contributed by atoms with Crippen LogP contribution in [0.15, 0.2) is 48.7 Å². The van der Waals surface area contributed by atoms with Crippen molar-refractivity contribution in [2.45, 2.75) is 13.0 Å². The monoisotopic (exact) mass is 441 g/mol. The van der Waals surface area contributed by atoms with Gasteiger partial charge in [-0.3, -0.25) is 4.79 Å². The van der Waals surface area contributed by atoms with Crippen molar-refractivity contribution in [3.05, 3.63) is 59.2 Å². The lowest BCUT2D eigenvalue weighted by molar-refractivity contribution is 0.0924. The van der Waals surface area contributed by atoms with E-state index in [4.69, 9.17) is 21.1 Å². The van der Waals surface area contributed by atoms with Gasteiger partial charge in [0, 0.05) is 24.0 Å². The molecule has 0 aliphatic carbocycles. The first-order chi connectivity index (χ1) is 15.0. The van der Waals surface area contributed by atoms with Gasteiger partial charge in [-0.1, -0.05) is 17.7 Å². The average molecular weight is 442 g/mol. The predicted octanol–water partition coefficient (Wildman–Crippen LogP) is 3.46. The quantitative estimate of drug-likeness (QED) is 0.440. The smallest absolute Gasteiger partial charge is 0.251 e. The van der Waals surface area contributed by atoms with Crippen LogP contribution in [0.3, 0.4) is 0 Å². The maximum absolute atomic E-state index is 12.2. The summed E-state index contributed by atoms with van der Waals surface area (Å²) in [5, 5.41) is 18.7. The predicted molar refractivity (Wildman–Crippen MR) is 117 cm³/mol. The van der Waals surface area contributed by atoms with E-state index in [0.29, 0.717) is 45.2 Å². The first-order valence-electron chi connectivity index (χ1n) is 9.51. The van der Waals surface area contributed by atoms with E-state index in [1.54, 1.807) is 55.6 Å². The van der Waals surface area contributed by atoms with Gasteiger partial charge in [-0.2, -0.15) is 4.98 Å². The number of benzene rings is 2. The third-order valence-electron chi connectivity index (χ3n) is 4.34. The molecular weight excluding hydrogens is 422 g/mol. The van der Waals surface area contributed by atoms with E-state index in [2.05, 4.69) is 25.9 Å². The highest BCUT2D eigenvalue weighted by Gasteiger charge is 2.21. The molecule has 2 heterocycles. The third kappa shape index (κ3) is 4.96. The molecule has 4 rings (SSSR count). The molecule has 1 aliphatic heterocycles. The number of carbonyl (C=O) groups is 1. The van der Waals surface area contributed by atoms with Gasteiger partial charge in [-0.05, 0) is 43.3 Å². The number of hydrogen-bond donors (Lipinski definition) is 4. The van der Waals surface area contributed by atoms with Crippen LogP contribution in [0.2, 0.25) is 5.02 Å². The number of fused-ring (bicyclic) bond motifs is 1. The SMILES string of the molecule is CC(O)CNC(=O)c1cccc(Nc2nccc(Nc3c(Cl)ccc4c3OCO4)n2)c1. The second-order valence-corrected chi connectivity index (χ2v) is 7.22. The molecule has 0 saturated heterocycles. The third-order valence-corrected chi connectivity index (χ3v) is 4.65. The number of nitrogens with zero attached hydrogens (tertiary/aromatic N) is 2. The topological polar surface area (TPSA) is 118 Å². The number of ether oxygens (including phenoxy) is 2. The Morgan fingerprint density at radius 3 is 2.94 bits per heavy atom. The van der Waals surface area contributed by atoms with Crippen molar-refractivity contribution < 1.29 is 19.4 Å². The standard InChI is InChI=1S/C21H20ClN5O4/c1-12(28)10-24-20(29)13-3-2-4-14(9-13)25-21-23-8-7-17(27-21)26-18-15(22)5-6-16-19(18)31-11-30-16/h2-9,12,28H,10-11H2,1H3,(H,24,29)(H2,23,25,26,27). The summed E-state index contributed by atoms with van der Waals surface area (Å²) in [5.41, 5.74) is 1.64. The van der Waals surface area contributed by atoms with E-state index in [9.17, 15) is 9.90 Å². The lowest BCUT2D eigenvalue weighted by atomic mass is 10.2. The van der Waals surface area contributed by atoms with Crippen LogP contribution in [0.5, 0.6) is 11.5 Å². The molecule has 9 nitrogen and oxygen atoms in total. The molecule has 160 valence electrons. The van der Waals surface area contributed by atoms with E-state index in [0.717, 1.165) is 0 Å². The minimum atomic E-state index is -0.620. The minimum absolute atomic E-state index is 0.127. The molecule has 1 aliphatic rings. The largest absolute Gasteiger partial charge is 0.454 e. The maximum Gasteiger partial charge on any atom is 0.251 e. The second kappa shape index (κ2) is 9.07. The van der Waals surface area contributed by atoms with Gasteiger partial charge in [0.15, 0.2) is 11.5 Å². The number of halogens is 1. The van der Waals surface area contributed by atoms with Gasteiger partial charge in [0.1, 0.15) is 11.5 Å². The van der Waals surface area contributed by atoms with Crippen LogP contribution in [-0.2, 0) is 0 Å². The Hall–Kier alpha value is -3.56. The highest BCUT2D eigenvalue weighted by atomic mass is 35.5. The zero-order valence-electron chi connectivity index (χ0n) is 16.6. The van der Waals surface area contributed by atoms with Crippen LogP contribution in [0.4, 0.5) is 23.1 Å². The van der Waals surface area contributed by atoms with Crippen molar-refractivity contribution >= 4 is 40.6 Å². The number of carbonyl (C=O) groups excluding carboxylic acids is 1. The van der Waals surface area contributed by atoms with Gasteiger partial charge in [-0.15, -0.1) is 0 Å². The van der Waals surface area contributed by atoms with Crippen LogP contribution >= 0.6 is 11.6 Å². The first kappa shape index (κ1) is 20.7. The van der Waals surface area contributed by atoms with Crippen LogP contribution in [0.25, 0.3) is 0 Å². The Bertz CT molecular complexity index is 1110. The number of nitrogens with one attached hydrogen (secondary N) is 3. The Morgan fingerprint density at radius 2 is 2.10 bits per heavy atom. The Morgan fingerprint density at radius 1 is 1.23 bits per heavy atom. The molecule has 31 heavy (non-hydrogen) atoms. The Labute approximate surface area is 183 Å². The minimum Gasteiger partial charge on any atom is -0.454 e. The molecule has 0 spiro atoms. The number of aliphatic hydroxyl groups is 1. The first-order valence-corrected chi connectivity index (χ1v) is 9.89. The van der Waals surface area contributed by atoms with E-state index >= 15 is 0 Å². The van der Waals surface area contributed by atoms with Crippen molar-refractivity contribution in [2.75, 3.05) is 24.0 Å². The molecule has 0 saturated carbocycles. The Kier molecular flexibility index (Phi) is 6.06. The zero-order chi connectivity index (χ0) is 21.8. The second-order valence-electron chi connectivity index (χ2n) is 6.81. The number of aromatic nitrogens is 2. The highest BCUT2D eigenvalue weighted by molar-refractivity contribution is 6.33. The lowest BCUT2D eigenvalue weighted by Crippen LogP contribution is -2.30. The number of hydrogen-bond acceptors (Lipinski definition) is 8. The molecule has 3 aromatic rings. The number of anilines is 4. The van der Waals surface area contributed by atoms with Crippen molar-refractivity contribution in [1.82, 2.24) is 15.3 Å². The van der Waals surface area contributed by atoms with Crippen LogP contribution in [-0.4, -0.2) is 40.4 Å². The fourth-order valence-electron chi connectivity index (χ4n) is 2.89. The summed E-state index contributed by atoms with van der Waals surface area (Å²) in [5.74, 6) is 1.67. The molecule has 0 radical (unpaired) electrons. The van der Waals surface area contributed by atoms with Gasteiger partial charge in [0.25, 0.3) is 5.91 Å². The summed E-state index contributed by atoms with van der Waals surface area (Å²) >= 11 is 6.31. The number of amides is 1. The van der Waals surface area contributed by atoms with Gasteiger partial charge in [0.05, 0.1) is 11.1 Å². The molecule has 0 bridgehead atoms. The van der Waals surface area contributed by atoms with Gasteiger partial charge >= 0.3 is 0 Å². The highest BCUT2D eigenvalue weighted by Crippen LogP contribution is 2.44. The fraction of sp³-hybridized carbons (Fsp3) is 0.190. The average Bonchev–Trinajstić information content (AvgIpc) is 3.24. The summed E-state index contributed by atoms with van der Waals surface area (Å²) in [7, 11) is 0. The molecular formula is C21H20ClN5O4. The zero-order valence-corrected chi connectivity index (χ0v) is 17.3. The molecule has 1 unspecified atom stereocenters. The van der Waals surface area contributed by atoms with E-state index < -0.39 is 6.10 Å². The van der Waals surface area contributed by atoms with E-state index in [-0.39, 0.29) is 19.2 Å². The van der Waals surface area contributed by atoms with Crippen LogP contribution in [0.1, 0.15) is 17.3 Å². The van der Waals surface area contributed by atoms with Gasteiger partial charge in [0.2, 0.25) is 12.7 Å². The van der Waals surface area contributed by atoms with Crippen molar-refractivity contribution in [3.8, 4) is 11.5 Å². The van der Waals surface area contributed by atoms with Crippen molar-refractivity contribution in [2.24, 2.45) is 0 Å². The summed E-state index contributed by atoms with van der Waals surface area (Å²) in [6.45, 7) is 1.91. The molecule has 10 heteroatoms. The molecule has 1 amide bonds. The van der Waals surface area contributed by atoms with E-state index in [1.807, 2.05) is 0 Å². The van der Waals surface area contributed by atoms with E-state index in [1.165, 1.54) is 0 Å². The summed E-state index contributed by atoms with van der Waals surface area (Å²) < 4.78 is 10.9. The van der Waals surface area contributed by atoms with Crippen molar-refractivity contribution in [3.63, 3.8) is 0 Å². The summed E-state index contributed by atoms with van der Waals surface area (Å²) in [6, 6.07) is 12.0. The van der Waals surface area contributed by atoms with Crippen LogP contribution in [0, 0.1) is 0 Å². The molecule has 2 aromatic carbocycles. The summed E-state index contributed by atoms with van der Waals surface area (Å²) in [6.07, 6.45) is 0.968. The number of rotatable bonds is 7. The van der Waals surface area contributed by atoms with Gasteiger partial charge < -0.3 is 30.5 Å². The normalized spacial score (nSPS) is 12.9. The number of aliphatic hydroxyl groups excluding tert-OH is 1. The lowest BCUT2D eigenvalue weighted by Gasteiger charge is -2.12. The molecule has 4 N–H and O–H groups in total. The summed E-state index contributed by atoms with van der Waals surface area (Å²) in [4.78, 5) is 20.9. The maximum atomic E-state index is 12.2. The van der Waals surface area contributed by atoms with Crippen LogP contribution < -0.4 is 25.4 Å². The molecule has 0 fully saturated rings.